The van der Waals surface area contributed by atoms with Gasteiger partial charge >= 0.3 is 0 Å². The van der Waals surface area contributed by atoms with Crippen LogP contribution in [0.3, 0.4) is 0 Å². The summed E-state index contributed by atoms with van der Waals surface area (Å²) in [5.74, 6) is -0.205. The normalized spacial score (nSPS) is 16.1. The Morgan fingerprint density at radius 1 is 1.19 bits per heavy atom. The van der Waals surface area contributed by atoms with Crippen molar-refractivity contribution >= 4 is 11.8 Å². The summed E-state index contributed by atoms with van der Waals surface area (Å²) in [7, 11) is 1.49. The predicted octanol–water partition coefficient (Wildman–Crippen LogP) is 2.22. The molecular weight excluding hydrogens is 342 g/mol. The molecule has 0 bridgehead atoms. The number of fused-ring (bicyclic) bond motifs is 1. The molecule has 0 aliphatic carbocycles. The molecular formula is C21H27N3O3. The first kappa shape index (κ1) is 19.2. The molecule has 6 heteroatoms. The van der Waals surface area contributed by atoms with Crippen molar-refractivity contribution in [2.24, 2.45) is 0 Å². The molecule has 1 aliphatic heterocycles. The topological polar surface area (TPSA) is 54.8 Å². The van der Waals surface area contributed by atoms with Crippen molar-refractivity contribution in [1.82, 2.24) is 14.4 Å². The summed E-state index contributed by atoms with van der Waals surface area (Å²) < 4.78 is 7.14. The summed E-state index contributed by atoms with van der Waals surface area (Å²) >= 11 is 0. The maximum atomic E-state index is 13.2. The number of hydrogen-bond donors (Lipinski definition) is 0. The Morgan fingerprint density at radius 2 is 1.96 bits per heavy atom. The van der Waals surface area contributed by atoms with Gasteiger partial charge in [0.2, 0.25) is 11.8 Å². The zero-order chi connectivity index (χ0) is 19.4. The van der Waals surface area contributed by atoms with Crippen LogP contribution in [0.5, 0.6) is 0 Å². The highest BCUT2D eigenvalue weighted by Crippen LogP contribution is 2.34. The monoisotopic (exact) mass is 369 g/mol. The van der Waals surface area contributed by atoms with Crippen molar-refractivity contribution in [3.05, 3.63) is 59.4 Å². The second-order valence-electron chi connectivity index (χ2n) is 6.81. The van der Waals surface area contributed by atoms with E-state index >= 15 is 0 Å². The van der Waals surface area contributed by atoms with Gasteiger partial charge in [0.05, 0.1) is 12.6 Å². The van der Waals surface area contributed by atoms with Crippen molar-refractivity contribution in [3.8, 4) is 0 Å². The Labute approximate surface area is 160 Å². The average molecular weight is 369 g/mol. The molecule has 0 radical (unpaired) electrons. The van der Waals surface area contributed by atoms with Gasteiger partial charge in [-0.15, -0.1) is 0 Å². The number of aromatic nitrogens is 1. The summed E-state index contributed by atoms with van der Waals surface area (Å²) in [6.07, 6.45) is 2.06. The number of methoxy groups -OCH3 is 1. The lowest BCUT2D eigenvalue weighted by Gasteiger charge is -2.39. The Morgan fingerprint density at radius 3 is 2.67 bits per heavy atom. The molecule has 0 saturated heterocycles. The van der Waals surface area contributed by atoms with Gasteiger partial charge in [-0.1, -0.05) is 24.3 Å². The van der Waals surface area contributed by atoms with Gasteiger partial charge < -0.3 is 19.1 Å². The molecule has 1 aliphatic rings. The minimum absolute atomic E-state index is 0.00874. The van der Waals surface area contributed by atoms with Crippen molar-refractivity contribution < 1.29 is 14.3 Å². The van der Waals surface area contributed by atoms with Crippen LogP contribution in [0.25, 0.3) is 0 Å². The lowest BCUT2D eigenvalue weighted by molar-refractivity contribution is -0.143. The molecule has 1 aromatic carbocycles. The Hall–Kier alpha value is -2.60. The second kappa shape index (κ2) is 8.39. The number of ether oxygens (including phenoxy) is 1. The molecule has 2 amide bonds. The van der Waals surface area contributed by atoms with E-state index in [9.17, 15) is 9.59 Å². The van der Waals surface area contributed by atoms with Crippen molar-refractivity contribution in [3.63, 3.8) is 0 Å². The van der Waals surface area contributed by atoms with Crippen LogP contribution in [0.1, 0.15) is 29.8 Å². The summed E-state index contributed by atoms with van der Waals surface area (Å²) in [5.41, 5.74) is 3.38. The SMILES string of the molecule is CCN(CC(=O)N1CCn2cccc2[C@H]1c1ccccc1C)C(=O)COC. The molecule has 0 saturated carbocycles. The van der Waals surface area contributed by atoms with Crippen LogP contribution in [0, 0.1) is 6.92 Å². The lowest BCUT2D eigenvalue weighted by atomic mass is 9.95. The number of carbonyl (C=O) groups excluding carboxylic acids is 2. The number of aryl methyl sites for hydroxylation is 1. The van der Waals surface area contributed by atoms with Gasteiger partial charge in [-0.2, -0.15) is 0 Å². The van der Waals surface area contributed by atoms with Crippen molar-refractivity contribution in [1.29, 1.82) is 0 Å². The number of nitrogens with zero attached hydrogens (tertiary/aromatic N) is 3. The summed E-state index contributed by atoms with van der Waals surface area (Å²) in [6.45, 7) is 5.87. The predicted molar refractivity (Wildman–Crippen MR) is 103 cm³/mol. The smallest absolute Gasteiger partial charge is 0.249 e. The van der Waals surface area contributed by atoms with Crippen LogP contribution in [0.15, 0.2) is 42.6 Å². The van der Waals surface area contributed by atoms with Gasteiger partial charge in [0.1, 0.15) is 6.61 Å². The van der Waals surface area contributed by atoms with Gasteiger partial charge in [-0.05, 0) is 37.1 Å². The van der Waals surface area contributed by atoms with Gasteiger partial charge in [0, 0.05) is 38.6 Å². The third-order valence-electron chi connectivity index (χ3n) is 5.17. The van der Waals surface area contributed by atoms with E-state index in [1.807, 2.05) is 30.0 Å². The van der Waals surface area contributed by atoms with Gasteiger partial charge in [-0.25, -0.2) is 0 Å². The molecule has 1 aromatic heterocycles. The highest BCUT2D eigenvalue weighted by Gasteiger charge is 2.33. The minimum atomic E-state index is -0.166. The van der Waals surface area contributed by atoms with Crippen LogP contribution >= 0.6 is 0 Å². The molecule has 0 fully saturated rings. The van der Waals surface area contributed by atoms with Gasteiger partial charge in [0.15, 0.2) is 0 Å². The third-order valence-corrected chi connectivity index (χ3v) is 5.17. The van der Waals surface area contributed by atoms with Crippen molar-refractivity contribution in [2.45, 2.75) is 26.4 Å². The molecule has 144 valence electrons. The van der Waals surface area contributed by atoms with E-state index in [2.05, 4.69) is 35.9 Å². The molecule has 2 heterocycles. The molecule has 2 aromatic rings. The number of carbonyl (C=O) groups is 2. The molecule has 1 atom stereocenters. The van der Waals surface area contributed by atoms with E-state index in [0.29, 0.717) is 13.1 Å². The molecule has 0 spiro atoms. The third kappa shape index (κ3) is 3.90. The first-order chi connectivity index (χ1) is 13.1. The molecule has 6 nitrogen and oxygen atoms in total. The maximum Gasteiger partial charge on any atom is 0.249 e. The van der Waals surface area contributed by atoms with Crippen LogP contribution < -0.4 is 0 Å². The Kier molecular flexibility index (Phi) is 5.96. The van der Waals surface area contributed by atoms with E-state index in [0.717, 1.165) is 23.4 Å². The molecule has 27 heavy (non-hydrogen) atoms. The first-order valence-corrected chi connectivity index (χ1v) is 9.33. The number of likely N-dealkylation sites (N-methyl/N-ethyl adjacent to an activating group) is 1. The fraction of sp³-hybridized carbons (Fsp3) is 0.429. The molecule has 3 rings (SSSR count). The highest BCUT2D eigenvalue weighted by atomic mass is 16.5. The van der Waals surface area contributed by atoms with Crippen LogP contribution in [0.2, 0.25) is 0 Å². The fourth-order valence-corrected chi connectivity index (χ4v) is 3.72. The first-order valence-electron chi connectivity index (χ1n) is 9.33. The quantitative estimate of drug-likeness (QED) is 0.785. The molecule has 0 N–H and O–H groups in total. The van der Waals surface area contributed by atoms with E-state index in [1.54, 1.807) is 4.90 Å². The number of hydrogen-bond acceptors (Lipinski definition) is 3. The minimum Gasteiger partial charge on any atom is -0.375 e. The van der Waals surface area contributed by atoms with E-state index < -0.39 is 0 Å². The number of rotatable bonds is 6. The number of amides is 2. The number of benzene rings is 1. The summed E-state index contributed by atoms with van der Waals surface area (Å²) in [4.78, 5) is 28.8. The van der Waals surface area contributed by atoms with Crippen LogP contribution in [0.4, 0.5) is 0 Å². The van der Waals surface area contributed by atoms with Gasteiger partial charge in [-0.3, -0.25) is 9.59 Å². The standard InChI is InChI=1S/C21H27N3O3/c1-4-22(20(26)15-27-3)14-19(25)24-13-12-23-11-7-10-18(23)21(24)17-9-6-5-8-16(17)2/h5-11,21H,4,12-15H2,1-3H3/t21-/m1/s1. The summed E-state index contributed by atoms with van der Waals surface area (Å²) in [6, 6.07) is 12.1. The second-order valence-corrected chi connectivity index (χ2v) is 6.81. The lowest BCUT2D eigenvalue weighted by Crippen LogP contribution is -2.48. The van der Waals surface area contributed by atoms with Crippen LogP contribution in [-0.2, 0) is 20.9 Å². The average Bonchev–Trinajstić information content (AvgIpc) is 3.14. The van der Waals surface area contributed by atoms with E-state index in [4.69, 9.17) is 4.74 Å². The highest BCUT2D eigenvalue weighted by molar-refractivity contribution is 5.86. The van der Waals surface area contributed by atoms with Crippen molar-refractivity contribution in [2.75, 3.05) is 33.4 Å². The van der Waals surface area contributed by atoms with E-state index in [-0.39, 0.29) is 31.0 Å². The largest absolute Gasteiger partial charge is 0.375 e. The summed E-state index contributed by atoms with van der Waals surface area (Å²) in [5, 5.41) is 0. The zero-order valence-corrected chi connectivity index (χ0v) is 16.2. The Balaban J connectivity index is 1.90. The van der Waals surface area contributed by atoms with E-state index in [1.165, 1.54) is 7.11 Å². The molecule has 0 unspecified atom stereocenters. The Bertz CT molecular complexity index is 815. The fourth-order valence-electron chi connectivity index (χ4n) is 3.72. The van der Waals surface area contributed by atoms with Gasteiger partial charge in [0.25, 0.3) is 0 Å². The zero-order valence-electron chi connectivity index (χ0n) is 16.2. The van der Waals surface area contributed by atoms with Crippen LogP contribution in [-0.4, -0.2) is 59.5 Å². The maximum absolute atomic E-state index is 13.2.